The molecule has 1 N–H and O–H groups in total. The van der Waals surface area contributed by atoms with Crippen LogP contribution < -0.4 is 0 Å². The van der Waals surface area contributed by atoms with Crippen molar-refractivity contribution in [2.24, 2.45) is 16.7 Å². The van der Waals surface area contributed by atoms with Crippen LogP contribution in [0.25, 0.3) is 53.2 Å². The summed E-state index contributed by atoms with van der Waals surface area (Å²) in [6.07, 6.45) is 9.66. The molecule has 3 aromatic carbocycles. The second-order valence-corrected chi connectivity index (χ2v) is 17.2. The maximum Gasteiger partial charge on any atom is 0.164 e. The van der Waals surface area contributed by atoms with Crippen molar-refractivity contribution in [2.45, 2.75) is 114 Å². The SMILES string of the molecule is CC(C)Cc1coc2ccc3sc4c(-c5[c-]c6ccccc6c(C(C)(C)C)c5)nccc4c3c12.CCC(C)(CC)C(=O)/C=C(\O)C(C)(CC)CC.[Ir]. The number of rotatable bonds is 10. The number of aliphatic hydroxyl groups is 1. The van der Waals surface area contributed by atoms with Crippen LogP contribution in [0.15, 0.2) is 77.2 Å². The van der Waals surface area contributed by atoms with E-state index in [2.05, 4.69) is 89.2 Å². The summed E-state index contributed by atoms with van der Waals surface area (Å²) in [5.74, 6) is 0.856. The molecule has 4 nitrogen and oxygen atoms in total. The molecule has 0 atom stereocenters. The van der Waals surface area contributed by atoms with E-state index in [1.54, 1.807) is 0 Å². The second-order valence-electron chi connectivity index (χ2n) is 16.1. The van der Waals surface area contributed by atoms with Gasteiger partial charge in [0.1, 0.15) is 11.3 Å². The largest absolute Gasteiger partial charge is 0.512 e. The molecule has 3 heterocycles. The zero-order valence-corrected chi connectivity index (χ0v) is 36.1. The number of aromatic nitrogens is 1. The first-order valence-corrected chi connectivity index (χ1v) is 19.5. The minimum absolute atomic E-state index is 0. The molecule has 0 bridgehead atoms. The molecule has 3 aromatic heterocycles. The molecule has 52 heavy (non-hydrogen) atoms. The van der Waals surface area contributed by atoms with E-state index in [0.717, 1.165) is 54.3 Å². The topological polar surface area (TPSA) is 63.3 Å². The molecule has 1 radical (unpaired) electrons. The van der Waals surface area contributed by atoms with Gasteiger partial charge in [0.15, 0.2) is 5.78 Å². The fraction of sp³-hybridized carbons (Fsp3) is 0.435. The summed E-state index contributed by atoms with van der Waals surface area (Å²) in [7, 11) is 0. The molecule has 6 heteroatoms. The number of pyridine rings is 1. The second kappa shape index (κ2) is 16.4. The van der Waals surface area contributed by atoms with E-state index in [-0.39, 0.29) is 47.9 Å². The monoisotopic (exact) mass is 895 g/mol. The average Bonchev–Trinajstić information content (AvgIpc) is 3.70. The number of thiophene rings is 1. The summed E-state index contributed by atoms with van der Waals surface area (Å²) in [6.45, 7) is 23.4. The summed E-state index contributed by atoms with van der Waals surface area (Å²) in [5, 5.41) is 16.3. The number of furan rings is 1. The molecule has 0 spiro atoms. The standard InChI is InChI=1S/C31H28NOS.C15H28O2.Ir/c1-18(2)14-21-17-33-25-10-11-26-28(27(21)25)23-12-13-32-29(30(23)34-26)20-15-19-8-6-7-9-22(19)24(16-20)31(3,4)5;1-7-14(5,8-2)12(16)11-13(17)15(6,9-3)10-4;/h6-13,16-18H,14H2,1-5H3;11,16H,7-10H2,1-6H3;/q-1;;/b;12-11-;. The molecule has 0 fully saturated rings. The van der Waals surface area contributed by atoms with E-state index < -0.39 is 0 Å². The van der Waals surface area contributed by atoms with Gasteiger partial charge in [0.2, 0.25) is 0 Å². The van der Waals surface area contributed by atoms with E-state index in [0.29, 0.717) is 5.92 Å². The van der Waals surface area contributed by atoms with Crippen LogP contribution in [-0.2, 0) is 36.7 Å². The van der Waals surface area contributed by atoms with Gasteiger partial charge in [-0.25, -0.2) is 0 Å². The van der Waals surface area contributed by atoms with Crippen molar-refractivity contribution in [1.82, 2.24) is 4.98 Å². The smallest absolute Gasteiger partial charge is 0.164 e. The molecule has 6 rings (SSSR count). The number of benzene rings is 3. The van der Waals surface area contributed by atoms with Crippen LogP contribution in [0, 0.1) is 22.8 Å². The number of carbonyl (C=O) groups excluding carboxylic acids is 1. The Hall–Kier alpha value is -3.31. The predicted molar refractivity (Wildman–Crippen MR) is 219 cm³/mol. The number of allylic oxidation sites excluding steroid dienone is 2. The minimum Gasteiger partial charge on any atom is -0.512 e. The fourth-order valence-corrected chi connectivity index (χ4v) is 8.04. The van der Waals surface area contributed by atoms with Crippen molar-refractivity contribution in [3.8, 4) is 11.3 Å². The van der Waals surface area contributed by atoms with Crippen molar-refractivity contribution < 1.29 is 34.4 Å². The minimum atomic E-state index is -0.337. The summed E-state index contributed by atoms with van der Waals surface area (Å²) < 4.78 is 8.47. The Morgan fingerprint density at radius 3 is 2.17 bits per heavy atom. The van der Waals surface area contributed by atoms with E-state index in [1.807, 2.05) is 65.3 Å². The van der Waals surface area contributed by atoms with E-state index >= 15 is 0 Å². The predicted octanol–water partition coefficient (Wildman–Crippen LogP) is 14.0. The van der Waals surface area contributed by atoms with Gasteiger partial charge in [0.05, 0.1) is 6.26 Å². The zero-order valence-electron chi connectivity index (χ0n) is 32.9. The van der Waals surface area contributed by atoms with Crippen molar-refractivity contribution in [2.75, 3.05) is 0 Å². The number of carbonyl (C=O) groups is 1. The fourth-order valence-electron chi connectivity index (χ4n) is 6.83. The summed E-state index contributed by atoms with van der Waals surface area (Å²) >= 11 is 1.82. The van der Waals surface area contributed by atoms with Gasteiger partial charge in [-0.15, -0.1) is 40.5 Å². The van der Waals surface area contributed by atoms with Gasteiger partial charge in [-0.05, 0) is 72.6 Å². The number of ketones is 1. The molecule has 0 unspecified atom stereocenters. The molecular weight excluding hydrogens is 839 g/mol. The normalized spacial score (nSPS) is 12.8. The Bertz CT molecular complexity index is 2210. The Labute approximate surface area is 328 Å². The van der Waals surface area contributed by atoms with Crippen LogP contribution in [0.2, 0.25) is 0 Å². The van der Waals surface area contributed by atoms with Crippen LogP contribution in [0.4, 0.5) is 0 Å². The van der Waals surface area contributed by atoms with Gasteiger partial charge in [0, 0.05) is 69.1 Å². The zero-order chi connectivity index (χ0) is 37.3. The molecule has 0 saturated heterocycles. The Morgan fingerprint density at radius 2 is 1.56 bits per heavy atom. The number of nitrogens with zero attached hydrogens (tertiary/aromatic N) is 1. The first-order chi connectivity index (χ1) is 24.1. The Morgan fingerprint density at radius 1 is 0.904 bits per heavy atom. The summed E-state index contributed by atoms with van der Waals surface area (Å²) in [5.41, 5.74) is 5.08. The quantitative estimate of drug-likeness (QED) is 0.0845. The van der Waals surface area contributed by atoms with Gasteiger partial charge in [-0.1, -0.05) is 105 Å². The van der Waals surface area contributed by atoms with E-state index in [1.165, 1.54) is 48.1 Å². The van der Waals surface area contributed by atoms with Crippen LogP contribution in [0.3, 0.4) is 0 Å². The van der Waals surface area contributed by atoms with Gasteiger partial charge >= 0.3 is 0 Å². The Kier molecular flexibility index (Phi) is 13.0. The summed E-state index contributed by atoms with van der Waals surface area (Å²) in [4.78, 5) is 17.1. The van der Waals surface area contributed by atoms with E-state index in [9.17, 15) is 9.90 Å². The van der Waals surface area contributed by atoms with Crippen molar-refractivity contribution in [3.63, 3.8) is 0 Å². The number of aliphatic hydroxyl groups excluding tert-OH is 1. The van der Waals surface area contributed by atoms with Gasteiger partial charge < -0.3 is 9.52 Å². The van der Waals surface area contributed by atoms with Crippen LogP contribution >= 0.6 is 11.3 Å². The van der Waals surface area contributed by atoms with Crippen molar-refractivity contribution >= 4 is 59.0 Å². The maximum absolute atomic E-state index is 12.2. The summed E-state index contributed by atoms with van der Waals surface area (Å²) in [6, 6.07) is 21.0. The van der Waals surface area contributed by atoms with Crippen LogP contribution in [0.5, 0.6) is 0 Å². The van der Waals surface area contributed by atoms with E-state index in [4.69, 9.17) is 9.40 Å². The molecule has 0 saturated carbocycles. The van der Waals surface area contributed by atoms with Gasteiger partial charge in [0.25, 0.3) is 0 Å². The van der Waals surface area contributed by atoms with Crippen molar-refractivity contribution in [3.05, 3.63) is 90.0 Å². The van der Waals surface area contributed by atoms with Crippen LogP contribution in [-0.4, -0.2) is 15.9 Å². The Balaban J connectivity index is 0.000000289. The number of fused-ring (bicyclic) bond motifs is 6. The maximum atomic E-state index is 12.2. The number of hydrogen-bond donors (Lipinski definition) is 1. The van der Waals surface area contributed by atoms with Gasteiger partial charge in [-0.2, -0.15) is 0 Å². The molecular formula is C46H56IrNO3S-. The number of hydrogen-bond acceptors (Lipinski definition) is 5. The van der Waals surface area contributed by atoms with Crippen LogP contribution in [0.1, 0.15) is 113 Å². The molecule has 0 aliphatic carbocycles. The molecule has 0 aliphatic heterocycles. The average molecular weight is 895 g/mol. The molecule has 0 amide bonds. The first-order valence-electron chi connectivity index (χ1n) is 18.7. The third-order valence-corrected chi connectivity index (χ3v) is 12.4. The molecule has 0 aliphatic rings. The first kappa shape index (κ1) is 41.4. The molecule has 6 aromatic rings. The third kappa shape index (κ3) is 8.10. The van der Waals surface area contributed by atoms with Gasteiger partial charge in [-0.3, -0.25) is 9.78 Å². The third-order valence-electron chi connectivity index (χ3n) is 11.2. The molecule has 279 valence electrons. The van der Waals surface area contributed by atoms with Crippen molar-refractivity contribution in [1.29, 1.82) is 0 Å².